The number of fused-ring (bicyclic) bond motifs is 1. The van der Waals surface area contributed by atoms with Crippen molar-refractivity contribution < 1.29 is 27.1 Å². The molecule has 1 saturated heterocycles. The Labute approximate surface area is 209 Å². The number of allylic oxidation sites excluding steroid dienone is 2. The number of rotatable bonds is 5. The summed E-state index contributed by atoms with van der Waals surface area (Å²) in [4.78, 5) is 18.3. The molecule has 1 fully saturated rings. The largest absolute Gasteiger partial charge is 0.496 e. The highest BCUT2D eigenvalue weighted by Crippen LogP contribution is 2.39. The quantitative estimate of drug-likeness (QED) is 0.464. The Morgan fingerprint density at radius 2 is 2.00 bits per heavy atom. The molecule has 1 aliphatic carbocycles. The minimum Gasteiger partial charge on any atom is -0.496 e. The Morgan fingerprint density at radius 3 is 2.70 bits per heavy atom. The van der Waals surface area contributed by atoms with Crippen molar-refractivity contribution in [2.45, 2.75) is 38.0 Å². The van der Waals surface area contributed by atoms with Gasteiger partial charge in [-0.1, -0.05) is 17.4 Å². The molecule has 3 heterocycles. The maximum atomic E-state index is 14.6. The van der Waals surface area contributed by atoms with E-state index in [4.69, 9.17) is 4.74 Å². The van der Waals surface area contributed by atoms with E-state index < -0.39 is 42.5 Å². The molecule has 1 aliphatic heterocycles. The summed E-state index contributed by atoms with van der Waals surface area (Å²) in [5.74, 6) is -1.67. The summed E-state index contributed by atoms with van der Waals surface area (Å²) >= 11 is 0. The summed E-state index contributed by atoms with van der Waals surface area (Å²) in [6, 6.07) is 3.33. The van der Waals surface area contributed by atoms with Crippen LogP contribution in [-0.4, -0.2) is 61.2 Å². The minimum absolute atomic E-state index is 0.113. The lowest BCUT2D eigenvalue weighted by Gasteiger charge is -2.35. The fourth-order valence-corrected chi connectivity index (χ4v) is 4.90. The number of carbonyl (C=O) groups excluding carboxylic acids is 1. The lowest BCUT2D eigenvalue weighted by atomic mass is 9.89. The van der Waals surface area contributed by atoms with Crippen molar-refractivity contribution in [3.63, 3.8) is 0 Å². The predicted octanol–water partition coefficient (Wildman–Crippen LogP) is 4.58. The molecule has 194 valence electrons. The molecule has 1 amide bonds. The lowest BCUT2D eigenvalue weighted by Crippen LogP contribution is -2.49. The molecule has 37 heavy (non-hydrogen) atoms. The van der Waals surface area contributed by atoms with Gasteiger partial charge in [0.1, 0.15) is 29.9 Å². The van der Waals surface area contributed by atoms with Gasteiger partial charge in [-0.05, 0) is 38.0 Å². The molecule has 0 bridgehead atoms. The first-order valence-electron chi connectivity index (χ1n) is 11.7. The zero-order valence-corrected chi connectivity index (χ0v) is 20.1. The molecule has 3 aromatic rings. The number of carbonyl (C=O) groups is 1. The molecule has 3 atom stereocenters. The van der Waals surface area contributed by atoms with Crippen molar-refractivity contribution in [2.75, 3.05) is 13.7 Å². The SMILES string of the molecule is COc1cc(-n2cnc(C)c2)ccc1-c1cn(C2CCC3C(F)=CC=CC3N(CC(F)(F)F)C2=O)nn1. The van der Waals surface area contributed by atoms with Crippen LogP contribution in [0.3, 0.4) is 0 Å². The van der Waals surface area contributed by atoms with Crippen molar-refractivity contribution in [3.05, 3.63) is 66.7 Å². The summed E-state index contributed by atoms with van der Waals surface area (Å²) in [7, 11) is 1.51. The predicted molar refractivity (Wildman–Crippen MR) is 126 cm³/mol. The summed E-state index contributed by atoms with van der Waals surface area (Å²) < 4.78 is 63.5. The number of imidazole rings is 1. The Hall–Kier alpha value is -3.96. The highest BCUT2D eigenvalue weighted by molar-refractivity contribution is 5.82. The Morgan fingerprint density at radius 1 is 1.19 bits per heavy atom. The summed E-state index contributed by atoms with van der Waals surface area (Å²) in [5.41, 5.74) is 2.63. The van der Waals surface area contributed by atoms with Gasteiger partial charge in [-0.15, -0.1) is 5.10 Å². The van der Waals surface area contributed by atoms with E-state index in [2.05, 4.69) is 15.3 Å². The van der Waals surface area contributed by atoms with E-state index in [0.29, 0.717) is 21.9 Å². The van der Waals surface area contributed by atoms with E-state index in [-0.39, 0.29) is 12.8 Å². The third kappa shape index (κ3) is 4.87. The topological polar surface area (TPSA) is 78.1 Å². The fraction of sp³-hybridized carbons (Fsp3) is 0.360. The van der Waals surface area contributed by atoms with Crippen LogP contribution >= 0.6 is 0 Å². The fourth-order valence-electron chi connectivity index (χ4n) is 4.90. The van der Waals surface area contributed by atoms with Crippen LogP contribution in [0.2, 0.25) is 0 Å². The second-order valence-corrected chi connectivity index (χ2v) is 9.10. The first-order valence-corrected chi connectivity index (χ1v) is 11.7. The number of amides is 1. The van der Waals surface area contributed by atoms with Crippen LogP contribution in [0.25, 0.3) is 16.9 Å². The minimum atomic E-state index is -4.64. The molecular weight excluding hydrogens is 492 g/mol. The van der Waals surface area contributed by atoms with E-state index in [9.17, 15) is 22.4 Å². The number of benzene rings is 1. The molecule has 0 spiro atoms. The molecule has 2 aromatic heterocycles. The number of aryl methyl sites for hydroxylation is 1. The van der Waals surface area contributed by atoms with Gasteiger partial charge in [0, 0.05) is 23.7 Å². The van der Waals surface area contributed by atoms with E-state index in [1.54, 1.807) is 18.5 Å². The third-order valence-corrected chi connectivity index (χ3v) is 6.66. The van der Waals surface area contributed by atoms with Crippen molar-refractivity contribution in [2.24, 2.45) is 5.92 Å². The lowest BCUT2D eigenvalue weighted by molar-refractivity contribution is -0.166. The van der Waals surface area contributed by atoms with Gasteiger partial charge in [0.25, 0.3) is 0 Å². The maximum absolute atomic E-state index is 14.6. The molecule has 2 aliphatic rings. The van der Waals surface area contributed by atoms with Crippen molar-refractivity contribution in [3.8, 4) is 22.7 Å². The molecule has 0 N–H and O–H groups in total. The number of ether oxygens (including phenoxy) is 1. The molecule has 1 aromatic carbocycles. The molecule has 3 unspecified atom stereocenters. The third-order valence-electron chi connectivity index (χ3n) is 6.66. The van der Waals surface area contributed by atoms with Gasteiger partial charge in [0.2, 0.25) is 5.91 Å². The summed E-state index contributed by atoms with van der Waals surface area (Å²) in [6.07, 6.45) is 4.72. The average molecular weight is 516 g/mol. The number of likely N-dealkylation sites (tertiary alicyclic amines) is 1. The molecule has 5 rings (SSSR count). The van der Waals surface area contributed by atoms with Crippen LogP contribution < -0.4 is 4.74 Å². The zero-order valence-electron chi connectivity index (χ0n) is 20.1. The van der Waals surface area contributed by atoms with Gasteiger partial charge in [0.05, 0.1) is 37.1 Å². The number of hydrogen-bond donors (Lipinski definition) is 0. The zero-order chi connectivity index (χ0) is 26.3. The first-order chi connectivity index (χ1) is 17.6. The highest BCUT2D eigenvalue weighted by Gasteiger charge is 2.45. The number of hydrogen-bond acceptors (Lipinski definition) is 5. The van der Waals surface area contributed by atoms with Crippen molar-refractivity contribution >= 4 is 5.91 Å². The average Bonchev–Trinajstić information content (AvgIpc) is 3.49. The van der Waals surface area contributed by atoms with Crippen LogP contribution in [0, 0.1) is 12.8 Å². The maximum Gasteiger partial charge on any atom is 0.406 e. The normalized spacial score (nSPS) is 22.0. The molecular formula is C25H24F4N6O2. The smallest absolute Gasteiger partial charge is 0.406 e. The van der Waals surface area contributed by atoms with E-state index >= 15 is 0 Å². The van der Waals surface area contributed by atoms with Gasteiger partial charge in [-0.25, -0.2) is 14.1 Å². The Balaban J connectivity index is 1.47. The number of methoxy groups -OCH3 is 1. The standard InChI is InChI=1S/C25H24F4N6O2/c1-15-11-33(14-30-15)16-6-7-18(23(10-16)37-2)20-12-35(32-31-20)22-9-8-17-19(26)4-3-5-21(17)34(24(22)36)13-25(27,28)29/h3-7,10-12,14,17,21-22H,8-9,13H2,1-2H3. The number of alkyl halides is 3. The number of nitrogens with zero attached hydrogens (tertiary/aromatic N) is 6. The van der Waals surface area contributed by atoms with Gasteiger partial charge in [-0.3, -0.25) is 4.79 Å². The molecule has 0 radical (unpaired) electrons. The van der Waals surface area contributed by atoms with Crippen LogP contribution in [0.5, 0.6) is 5.75 Å². The first kappa shape index (κ1) is 24.7. The van der Waals surface area contributed by atoms with Gasteiger partial charge in [-0.2, -0.15) is 13.2 Å². The van der Waals surface area contributed by atoms with E-state index in [1.807, 2.05) is 23.8 Å². The second-order valence-electron chi connectivity index (χ2n) is 9.10. The number of aromatic nitrogens is 5. The van der Waals surface area contributed by atoms with Crippen LogP contribution in [0.15, 0.2) is 61.0 Å². The van der Waals surface area contributed by atoms with Crippen LogP contribution in [0.4, 0.5) is 17.6 Å². The number of halogens is 4. The Bertz CT molecular complexity index is 1380. The Kier molecular flexibility index (Phi) is 6.34. The van der Waals surface area contributed by atoms with Gasteiger partial charge >= 0.3 is 6.18 Å². The van der Waals surface area contributed by atoms with Crippen molar-refractivity contribution in [1.82, 2.24) is 29.4 Å². The van der Waals surface area contributed by atoms with Crippen LogP contribution in [-0.2, 0) is 4.79 Å². The summed E-state index contributed by atoms with van der Waals surface area (Å²) in [5, 5.41) is 8.24. The monoisotopic (exact) mass is 516 g/mol. The second kappa shape index (κ2) is 9.49. The molecule has 12 heteroatoms. The highest BCUT2D eigenvalue weighted by atomic mass is 19.4. The van der Waals surface area contributed by atoms with E-state index in [1.165, 1.54) is 36.2 Å². The van der Waals surface area contributed by atoms with Gasteiger partial charge < -0.3 is 14.2 Å². The molecule has 8 nitrogen and oxygen atoms in total. The van der Waals surface area contributed by atoms with Crippen LogP contribution in [0.1, 0.15) is 24.6 Å². The van der Waals surface area contributed by atoms with Crippen molar-refractivity contribution in [1.29, 1.82) is 0 Å². The van der Waals surface area contributed by atoms with Gasteiger partial charge in [0.15, 0.2) is 0 Å². The molecule has 0 saturated carbocycles. The summed E-state index contributed by atoms with van der Waals surface area (Å²) in [6.45, 7) is 0.395. The van der Waals surface area contributed by atoms with E-state index in [0.717, 1.165) is 11.4 Å².